The maximum Gasteiger partial charge on any atom is 0.264 e. The monoisotopic (exact) mass is 467 g/mol. The molecule has 7 heteroatoms. The highest BCUT2D eigenvalue weighted by molar-refractivity contribution is 5.96. The number of nitrogens with zero attached hydrogens (tertiary/aromatic N) is 3. The van der Waals surface area contributed by atoms with E-state index in [9.17, 15) is 14.3 Å². The van der Waals surface area contributed by atoms with Gasteiger partial charge in [-0.1, -0.05) is 17.3 Å². The number of alkyl halides is 1. The highest BCUT2D eigenvalue weighted by atomic mass is 19.1. The molecule has 2 bridgehead atoms. The molecule has 5 aliphatic carbocycles. The van der Waals surface area contributed by atoms with Gasteiger partial charge in [-0.05, 0) is 101 Å². The van der Waals surface area contributed by atoms with Crippen LogP contribution in [-0.4, -0.2) is 33.3 Å². The normalized spacial score (nSPS) is 35.6. The van der Waals surface area contributed by atoms with Gasteiger partial charge < -0.3 is 14.5 Å². The Labute approximate surface area is 199 Å². The molecular weight excluding hydrogens is 433 g/mol. The minimum absolute atomic E-state index is 0.0673. The summed E-state index contributed by atoms with van der Waals surface area (Å²) in [5, 5.41) is 14.5. The Hall–Kier alpha value is -2.28. The third-order valence-electron chi connectivity index (χ3n) is 9.17. The number of carbonyl (C=O) groups excluding carboxylic acids is 1. The molecule has 7 rings (SSSR count). The first-order valence-corrected chi connectivity index (χ1v) is 12.8. The van der Waals surface area contributed by atoms with Crippen LogP contribution in [0.1, 0.15) is 88.4 Å². The number of amides is 1. The molecular formula is C27H34FN3O3. The molecule has 1 N–H and O–H groups in total. The number of anilines is 1. The van der Waals surface area contributed by atoms with E-state index in [1.165, 1.54) is 0 Å². The average molecular weight is 468 g/mol. The summed E-state index contributed by atoms with van der Waals surface area (Å²) in [6.45, 7) is 4.57. The summed E-state index contributed by atoms with van der Waals surface area (Å²) in [5.74, 6) is 0.857. The van der Waals surface area contributed by atoms with Crippen LogP contribution in [0.3, 0.4) is 0 Å². The zero-order valence-electron chi connectivity index (χ0n) is 20.1. The van der Waals surface area contributed by atoms with Crippen molar-refractivity contribution in [1.29, 1.82) is 0 Å². The van der Waals surface area contributed by atoms with Gasteiger partial charge >= 0.3 is 0 Å². The second-order valence-corrected chi connectivity index (χ2v) is 12.0. The minimum Gasteiger partial charge on any atom is -0.390 e. The van der Waals surface area contributed by atoms with Crippen LogP contribution in [0.2, 0.25) is 0 Å². The van der Waals surface area contributed by atoms with E-state index in [1.807, 2.05) is 24.0 Å². The summed E-state index contributed by atoms with van der Waals surface area (Å²) in [6.07, 6.45) is 7.83. The van der Waals surface area contributed by atoms with Crippen LogP contribution in [0.25, 0.3) is 0 Å². The second kappa shape index (κ2) is 7.36. The number of halogens is 1. The molecule has 0 atom stereocenters. The summed E-state index contributed by atoms with van der Waals surface area (Å²) in [6, 6.07) is 8.18. The molecule has 5 aliphatic rings. The number of aryl methyl sites for hydroxylation is 1. The molecule has 1 amide bonds. The molecule has 0 aliphatic heterocycles. The molecule has 1 aromatic carbocycles. The number of rotatable bonds is 6. The van der Waals surface area contributed by atoms with Crippen molar-refractivity contribution in [3.63, 3.8) is 0 Å². The summed E-state index contributed by atoms with van der Waals surface area (Å²) in [7, 11) is 0. The van der Waals surface area contributed by atoms with E-state index in [4.69, 9.17) is 4.52 Å². The van der Waals surface area contributed by atoms with E-state index in [2.05, 4.69) is 29.2 Å². The van der Waals surface area contributed by atoms with Gasteiger partial charge in [-0.3, -0.25) is 4.79 Å². The van der Waals surface area contributed by atoms with Crippen LogP contribution in [0.15, 0.2) is 28.8 Å². The maximum absolute atomic E-state index is 14.4. The average Bonchev–Trinajstić information content (AvgIpc) is 3.34. The van der Waals surface area contributed by atoms with Gasteiger partial charge in [0.1, 0.15) is 0 Å². The van der Waals surface area contributed by atoms with Crippen LogP contribution in [0.5, 0.6) is 0 Å². The number of hydrogen-bond acceptors (Lipinski definition) is 5. The molecule has 6 nitrogen and oxygen atoms in total. The van der Waals surface area contributed by atoms with Crippen LogP contribution in [0, 0.1) is 18.3 Å². The zero-order valence-corrected chi connectivity index (χ0v) is 20.1. The van der Waals surface area contributed by atoms with E-state index in [0.717, 1.165) is 49.8 Å². The zero-order chi connectivity index (χ0) is 23.8. The number of hydrogen-bond donors (Lipinski definition) is 1. The summed E-state index contributed by atoms with van der Waals surface area (Å²) in [4.78, 5) is 20.1. The molecule has 1 heterocycles. The molecule has 5 saturated carbocycles. The standard InChI is InChI=1S/C27H34FN3O3/c1-18-4-3-5-20(14-18)31(21(32)19-15-24(2,33)16-19)17-25-6-9-26(10-7-25,11-8-25)22-29-23(34-30-22)27(28)12-13-27/h3-5,14,19,33H,6-13,15-17H2,1-2H3. The third-order valence-corrected chi connectivity index (χ3v) is 9.17. The minimum atomic E-state index is -1.39. The van der Waals surface area contributed by atoms with Gasteiger partial charge in [-0.2, -0.15) is 4.98 Å². The predicted molar refractivity (Wildman–Crippen MR) is 125 cm³/mol. The highest BCUT2D eigenvalue weighted by Crippen LogP contribution is 2.58. The summed E-state index contributed by atoms with van der Waals surface area (Å²) >= 11 is 0. The summed E-state index contributed by atoms with van der Waals surface area (Å²) < 4.78 is 19.8. The van der Waals surface area contributed by atoms with Gasteiger partial charge in [0, 0.05) is 23.6 Å². The van der Waals surface area contributed by atoms with Crippen LogP contribution in [-0.2, 0) is 15.9 Å². The van der Waals surface area contributed by atoms with E-state index >= 15 is 0 Å². The lowest BCUT2D eigenvalue weighted by atomic mass is 9.53. The first-order chi connectivity index (χ1) is 16.1. The predicted octanol–water partition coefficient (Wildman–Crippen LogP) is 5.12. The fourth-order valence-electron chi connectivity index (χ4n) is 6.60. The van der Waals surface area contributed by atoms with E-state index in [0.29, 0.717) is 38.1 Å². The Morgan fingerprint density at radius 3 is 2.41 bits per heavy atom. The van der Waals surface area contributed by atoms with Gasteiger partial charge in [0.25, 0.3) is 5.89 Å². The Morgan fingerprint density at radius 2 is 1.82 bits per heavy atom. The van der Waals surface area contributed by atoms with E-state index in [-0.39, 0.29) is 28.5 Å². The lowest BCUT2D eigenvalue weighted by molar-refractivity contribution is -0.137. The van der Waals surface area contributed by atoms with E-state index < -0.39 is 11.3 Å². The number of benzene rings is 1. The largest absolute Gasteiger partial charge is 0.390 e. The van der Waals surface area contributed by atoms with E-state index in [1.54, 1.807) is 0 Å². The number of aliphatic hydroxyl groups is 1. The van der Waals surface area contributed by atoms with Gasteiger partial charge in [0.05, 0.1) is 5.60 Å². The lowest BCUT2D eigenvalue weighted by Crippen LogP contribution is -2.54. The molecule has 34 heavy (non-hydrogen) atoms. The Balaban J connectivity index is 1.21. The van der Waals surface area contributed by atoms with Gasteiger partial charge in [-0.25, -0.2) is 4.39 Å². The molecule has 2 aromatic rings. The first-order valence-electron chi connectivity index (χ1n) is 12.8. The van der Waals surface area contributed by atoms with Crippen molar-refractivity contribution in [1.82, 2.24) is 10.1 Å². The lowest BCUT2D eigenvalue weighted by Gasteiger charge is -2.54. The molecule has 1 aromatic heterocycles. The highest BCUT2D eigenvalue weighted by Gasteiger charge is 2.55. The SMILES string of the molecule is Cc1cccc(N(CC23CCC(c4noc(C5(F)CC5)n4)(CC2)CC3)C(=O)C2CC(C)(O)C2)c1. The number of carbonyl (C=O) groups is 1. The van der Waals surface area contributed by atoms with Crippen molar-refractivity contribution in [2.24, 2.45) is 11.3 Å². The first kappa shape index (κ1) is 22.2. The quantitative estimate of drug-likeness (QED) is 0.638. The molecule has 0 unspecified atom stereocenters. The van der Waals surface area contributed by atoms with Crippen LogP contribution < -0.4 is 4.90 Å². The molecule has 0 saturated heterocycles. The topological polar surface area (TPSA) is 79.5 Å². The van der Waals surface area contributed by atoms with Crippen molar-refractivity contribution in [2.75, 3.05) is 11.4 Å². The third kappa shape index (κ3) is 3.67. The molecule has 0 spiro atoms. The summed E-state index contributed by atoms with van der Waals surface area (Å²) in [5.41, 5.74) is -0.0932. The fraction of sp³-hybridized carbons (Fsp3) is 0.667. The fourth-order valence-corrected chi connectivity index (χ4v) is 6.60. The molecule has 5 fully saturated rings. The van der Waals surface area contributed by atoms with Crippen LogP contribution >= 0.6 is 0 Å². The number of aromatic nitrogens is 2. The van der Waals surface area contributed by atoms with Gasteiger partial charge in [0.15, 0.2) is 11.5 Å². The smallest absolute Gasteiger partial charge is 0.264 e. The van der Waals surface area contributed by atoms with Gasteiger partial charge in [-0.15, -0.1) is 0 Å². The van der Waals surface area contributed by atoms with Crippen molar-refractivity contribution < 1.29 is 18.8 Å². The Morgan fingerprint density at radius 1 is 1.15 bits per heavy atom. The van der Waals surface area contributed by atoms with Crippen molar-refractivity contribution >= 4 is 11.6 Å². The van der Waals surface area contributed by atoms with Crippen LogP contribution in [0.4, 0.5) is 10.1 Å². The Kier molecular flexibility index (Phi) is 4.81. The Bertz CT molecular complexity index is 1090. The molecule has 0 radical (unpaired) electrons. The molecule has 182 valence electrons. The van der Waals surface area contributed by atoms with Gasteiger partial charge in [0.2, 0.25) is 5.91 Å². The van der Waals surface area contributed by atoms with Crippen molar-refractivity contribution in [3.8, 4) is 0 Å². The second-order valence-electron chi connectivity index (χ2n) is 12.0. The van der Waals surface area contributed by atoms with Crippen molar-refractivity contribution in [2.45, 2.75) is 94.7 Å². The number of fused-ring (bicyclic) bond motifs is 3. The van der Waals surface area contributed by atoms with Crippen molar-refractivity contribution in [3.05, 3.63) is 41.5 Å². The maximum atomic E-state index is 14.4.